The number of hydrogen-bond donors (Lipinski definition) is 1. The first-order valence-electron chi connectivity index (χ1n) is 6.87. The Morgan fingerprint density at radius 1 is 1.13 bits per heavy atom. The molecule has 1 aliphatic heterocycles. The molecule has 1 saturated carbocycles. The molecule has 2 rings (SSSR count). The molecule has 2 aliphatic rings. The third-order valence-corrected chi connectivity index (χ3v) is 3.97. The third-order valence-electron chi connectivity index (χ3n) is 3.97. The highest BCUT2D eigenvalue weighted by Gasteiger charge is 2.25. The summed E-state index contributed by atoms with van der Waals surface area (Å²) in [4.78, 5) is 2.76. The summed E-state index contributed by atoms with van der Waals surface area (Å²) in [5.74, 6) is 0. The standard InChI is InChI=1S/C13H26N2/c1-2-10-15(13-7-3-4-8-13)11-12-6-5-9-14-12/h12-14H,2-11H2,1H3. The molecule has 2 nitrogen and oxygen atoms in total. The monoisotopic (exact) mass is 210 g/mol. The van der Waals surface area contributed by atoms with Crippen LogP contribution in [0.15, 0.2) is 0 Å². The Morgan fingerprint density at radius 2 is 1.93 bits per heavy atom. The van der Waals surface area contributed by atoms with Gasteiger partial charge in [-0.3, -0.25) is 4.90 Å². The van der Waals surface area contributed by atoms with Crippen LogP contribution in [-0.4, -0.2) is 36.6 Å². The first kappa shape index (κ1) is 11.4. The number of nitrogens with one attached hydrogen (secondary N) is 1. The zero-order valence-electron chi connectivity index (χ0n) is 10.2. The zero-order chi connectivity index (χ0) is 10.5. The van der Waals surface area contributed by atoms with E-state index in [4.69, 9.17) is 0 Å². The van der Waals surface area contributed by atoms with Crippen LogP contribution < -0.4 is 5.32 Å². The molecule has 1 unspecified atom stereocenters. The van der Waals surface area contributed by atoms with Gasteiger partial charge in [-0.1, -0.05) is 19.8 Å². The van der Waals surface area contributed by atoms with E-state index in [9.17, 15) is 0 Å². The molecule has 0 spiro atoms. The van der Waals surface area contributed by atoms with Gasteiger partial charge in [0.15, 0.2) is 0 Å². The van der Waals surface area contributed by atoms with Crippen LogP contribution in [0, 0.1) is 0 Å². The van der Waals surface area contributed by atoms with Gasteiger partial charge >= 0.3 is 0 Å². The van der Waals surface area contributed by atoms with Crippen LogP contribution in [0.4, 0.5) is 0 Å². The van der Waals surface area contributed by atoms with Gasteiger partial charge in [-0.05, 0) is 45.2 Å². The van der Waals surface area contributed by atoms with Gasteiger partial charge in [0.05, 0.1) is 0 Å². The predicted molar refractivity (Wildman–Crippen MR) is 65.1 cm³/mol. The first-order valence-corrected chi connectivity index (χ1v) is 6.87. The fourth-order valence-electron chi connectivity index (χ4n) is 3.18. The maximum absolute atomic E-state index is 3.63. The van der Waals surface area contributed by atoms with Crippen molar-refractivity contribution in [2.75, 3.05) is 19.6 Å². The van der Waals surface area contributed by atoms with Gasteiger partial charge in [0.2, 0.25) is 0 Å². The molecule has 0 radical (unpaired) electrons. The molecule has 0 aromatic heterocycles. The first-order chi connectivity index (χ1) is 7.40. The van der Waals surface area contributed by atoms with Gasteiger partial charge in [-0.2, -0.15) is 0 Å². The summed E-state index contributed by atoms with van der Waals surface area (Å²) < 4.78 is 0. The molecule has 1 heterocycles. The minimum absolute atomic E-state index is 0.789. The van der Waals surface area contributed by atoms with E-state index < -0.39 is 0 Å². The smallest absolute Gasteiger partial charge is 0.0195 e. The van der Waals surface area contributed by atoms with Crippen molar-refractivity contribution in [2.45, 2.75) is 64.0 Å². The van der Waals surface area contributed by atoms with Gasteiger partial charge < -0.3 is 5.32 Å². The van der Waals surface area contributed by atoms with Crippen molar-refractivity contribution >= 4 is 0 Å². The van der Waals surface area contributed by atoms with Gasteiger partial charge in [-0.25, -0.2) is 0 Å². The van der Waals surface area contributed by atoms with Crippen LogP contribution in [0.25, 0.3) is 0 Å². The van der Waals surface area contributed by atoms with Crippen LogP contribution in [0.2, 0.25) is 0 Å². The van der Waals surface area contributed by atoms with Crippen molar-refractivity contribution in [3.63, 3.8) is 0 Å². The molecule has 15 heavy (non-hydrogen) atoms. The van der Waals surface area contributed by atoms with Crippen molar-refractivity contribution in [3.8, 4) is 0 Å². The second-order valence-corrected chi connectivity index (χ2v) is 5.23. The Labute approximate surface area is 94.4 Å². The fourth-order valence-corrected chi connectivity index (χ4v) is 3.18. The number of nitrogens with zero attached hydrogens (tertiary/aromatic N) is 1. The van der Waals surface area contributed by atoms with E-state index in [0.717, 1.165) is 12.1 Å². The van der Waals surface area contributed by atoms with E-state index >= 15 is 0 Å². The Kier molecular flexibility index (Phi) is 4.45. The Balaban J connectivity index is 1.81. The summed E-state index contributed by atoms with van der Waals surface area (Å²) in [6.45, 7) is 6.17. The lowest BCUT2D eigenvalue weighted by Crippen LogP contribution is -2.42. The van der Waals surface area contributed by atoms with Crippen LogP contribution in [0.5, 0.6) is 0 Å². The molecule has 1 aliphatic carbocycles. The van der Waals surface area contributed by atoms with E-state index in [1.54, 1.807) is 0 Å². The van der Waals surface area contributed by atoms with Crippen molar-refractivity contribution in [1.82, 2.24) is 10.2 Å². The minimum Gasteiger partial charge on any atom is -0.313 e. The lowest BCUT2D eigenvalue weighted by Gasteiger charge is -2.30. The molecule has 2 heteroatoms. The fraction of sp³-hybridized carbons (Fsp3) is 1.00. The summed E-state index contributed by atoms with van der Waals surface area (Å²) in [5.41, 5.74) is 0. The Bertz CT molecular complexity index is 169. The van der Waals surface area contributed by atoms with Gasteiger partial charge in [-0.15, -0.1) is 0 Å². The van der Waals surface area contributed by atoms with Crippen molar-refractivity contribution in [2.24, 2.45) is 0 Å². The predicted octanol–water partition coefficient (Wildman–Crippen LogP) is 2.39. The Hall–Kier alpha value is -0.0800. The lowest BCUT2D eigenvalue weighted by molar-refractivity contribution is 0.182. The summed E-state index contributed by atoms with van der Waals surface area (Å²) in [6.07, 6.45) is 9.91. The quantitative estimate of drug-likeness (QED) is 0.749. The largest absolute Gasteiger partial charge is 0.313 e. The lowest BCUT2D eigenvalue weighted by atomic mass is 10.1. The summed E-state index contributed by atoms with van der Waals surface area (Å²) in [5, 5.41) is 3.63. The highest BCUT2D eigenvalue weighted by Crippen LogP contribution is 2.24. The maximum Gasteiger partial charge on any atom is 0.0195 e. The molecule has 0 bridgehead atoms. The molecule has 0 aromatic rings. The van der Waals surface area contributed by atoms with Crippen LogP contribution in [0.1, 0.15) is 51.9 Å². The van der Waals surface area contributed by atoms with Gasteiger partial charge in [0.25, 0.3) is 0 Å². The van der Waals surface area contributed by atoms with Crippen LogP contribution in [-0.2, 0) is 0 Å². The van der Waals surface area contributed by atoms with E-state index in [1.807, 2.05) is 0 Å². The summed E-state index contributed by atoms with van der Waals surface area (Å²) >= 11 is 0. The Morgan fingerprint density at radius 3 is 2.53 bits per heavy atom. The highest BCUT2D eigenvalue weighted by molar-refractivity contribution is 4.83. The van der Waals surface area contributed by atoms with E-state index in [2.05, 4.69) is 17.1 Å². The molecular formula is C13H26N2. The zero-order valence-corrected chi connectivity index (χ0v) is 10.2. The highest BCUT2D eigenvalue weighted by atomic mass is 15.2. The van der Waals surface area contributed by atoms with Crippen molar-refractivity contribution in [1.29, 1.82) is 0 Å². The van der Waals surface area contributed by atoms with Gasteiger partial charge in [0, 0.05) is 18.6 Å². The second-order valence-electron chi connectivity index (χ2n) is 5.23. The maximum atomic E-state index is 3.63. The van der Waals surface area contributed by atoms with Crippen LogP contribution in [0.3, 0.4) is 0 Å². The van der Waals surface area contributed by atoms with E-state index in [-0.39, 0.29) is 0 Å². The molecular weight excluding hydrogens is 184 g/mol. The molecule has 88 valence electrons. The van der Waals surface area contributed by atoms with E-state index in [0.29, 0.717) is 0 Å². The average molecular weight is 210 g/mol. The minimum atomic E-state index is 0.789. The SMILES string of the molecule is CCCN(CC1CCCN1)C1CCCC1. The second kappa shape index (κ2) is 5.86. The summed E-state index contributed by atoms with van der Waals surface area (Å²) in [7, 11) is 0. The molecule has 1 atom stereocenters. The van der Waals surface area contributed by atoms with Crippen molar-refractivity contribution < 1.29 is 0 Å². The number of rotatable bonds is 5. The van der Waals surface area contributed by atoms with Crippen molar-refractivity contribution in [3.05, 3.63) is 0 Å². The molecule has 1 saturated heterocycles. The molecule has 1 N–H and O–H groups in total. The topological polar surface area (TPSA) is 15.3 Å². The molecule has 2 fully saturated rings. The number of hydrogen-bond acceptors (Lipinski definition) is 2. The molecule has 0 aromatic carbocycles. The molecule has 0 amide bonds. The normalized spacial score (nSPS) is 28.0. The summed E-state index contributed by atoms with van der Waals surface area (Å²) in [6, 6.07) is 1.70. The van der Waals surface area contributed by atoms with E-state index in [1.165, 1.54) is 64.6 Å². The average Bonchev–Trinajstić information content (AvgIpc) is 2.89. The van der Waals surface area contributed by atoms with Crippen LogP contribution >= 0.6 is 0 Å². The van der Waals surface area contributed by atoms with Gasteiger partial charge in [0.1, 0.15) is 0 Å². The third kappa shape index (κ3) is 3.18.